The summed E-state index contributed by atoms with van der Waals surface area (Å²) in [5.41, 5.74) is 2.22. The molecule has 0 spiro atoms. The summed E-state index contributed by atoms with van der Waals surface area (Å²) < 4.78 is 1.88. The van der Waals surface area contributed by atoms with Crippen molar-refractivity contribution in [1.82, 2.24) is 0 Å². The molecule has 2 rings (SSSR count). The van der Waals surface area contributed by atoms with E-state index in [0.29, 0.717) is 12.0 Å². The van der Waals surface area contributed by atoms with E-state index >= 15 is 0 Å². The zero-order valence-electron chi connectivity index (χ0n) is 9.36. The lowest BCUT2D eigenvalue weighted by atomic mass is 10.00. The van der Waals surface area contributed by atoms with Gasteiger partial charge in [0.05, 0.1) is 5.56 Å². The average Bonchev–Trinajstić information content (AvgIpc) is 2.28. The zero-order chi connectivity index (χ0) is 13.1. The Morgan fingerprint density at radius 1 is 1.06 bits per heavy atom. The molecule has 0 radical (unpaired) electrons. The van der Waals surface area contributed by atoms with E-state index in [0.717, 1.165) is 20.1 Å². The molecule has 0 aliphatic rings. The van der Waals surface area contributed by atoms with Gasteiger partial charge in [0, 0.05) is 8.95 Å². The molecule has 0 unspecified atom stereocenters. The van der Waals surface area contributed by atoms with Gasteiger partial charge in [0.2, 0.25) is 0 Å². The van der Waals surface area contributed by atoms with Crippen LogP contribution in [0, 0.1) is 0 Å². The Bertz CT molecular complexity index is 594. The van der Waals surface area contributed by atoms with E-state index in [1.807, 2.05) is 30.3 Å². The topological polar surface area (TPSA) is 37.3 Å². The van der Waals surface area contributed by atoms with Gasteiger partial charge in [0.1, 0.15) is 0 Å². The molecule has 2 aromatic rings. The Kier molecular flexibility index (Phi) is 4.19. The molecule has 18 heavy (non-hydrogen) atoms. The minimum absolute atomic E-state index is 0.346. The van der Waals surface area contributed by atoms with Crippen molar-refractivity contribution < 1.29 is 9.90 Å². The van der Waals surface area contributed by atoms with Crippen molar-refractivity contribution >= 4 is 37.8 Å². The first-order valence-electron chi connectivity index (χ1n) is 5.32. The summed E-state index contributed by atoms with van der Waals surface area (Å²) in [6, 6.07) is 13.1. The lowest BCUT2D eigenvalue weighted by Crippen LogP contribution is -2.03. The van der Waals surface area contributed by atoms with E-state index in [9.17, 15) is 4.79 Å². The second-order valence-corrected chi connectivity index (χ2v) is 5.74. The highest BCUT2D eigenvalue weighted by molar-refractivity contribution is 9.10. The molecule has 1 N–H and O–H groups in total. The quantitative estimate of drug-likeness (QED) is 0.864. The van der Waals surface area contributed by atoms with Crippen LogP contribution in [0.3, 0.4) is 0 Å². The molecular weight excluding hydrogens is 360 g/mol. The van der Waals surface area contributed by atoms with E-state index in [1.165, 1.54) is 0 Å². The van der Waals surface area contributed by atoms with Gasteiger partial charge in [-0.3, -0.25) is 0 Å². The molecule has 2 nitrogen and oxygen atoms in total. The minimum atomic E-state index is -0.896. The summed E-state index contributed by atoms with van der Waals surface area (Å²) in [4.78, 5) is 11.2. The van der Waals surface area contributed by atoms with E-state index in [2.05, 4.69) is 31.9 Å². The zero-order valence-corrected chi connectivity index (χ0v) is 12.5. The molecule has 0 heterocycles. The fourth-order valence-corrected chi connectivity index (χ4v) is 2.64. The van der Waals surface area contributed by atoms with Gasteiger partial charge in [0.15, 0.2) is 0 Å². The molecule has 4 heteroatoms. The fraction of sp³-hybridized carbons (Fsp3) is 0.0714. The summed E-state index contributed by atoms with van der Waals surface area (Å²) in [5.74, 6) is -0.896. The second kappa shape index (κ2) is 5.67. The standard InChI is InChI=1S/C14H10Br2O2/c15-11-3-1-2-9(7-11)6-10-8-12(16)4-5-13(10)14(17)18/h1-5,7-8H,6H2,(H,17,18). The number of hydrogen-bond donors (Lipinski definition) is 1. The van der Waals surface area contributed by atoms with Crippen LogP contribution in [0.1, 0.15) is 21.5 Å². The molecule has 0 saturated carbocycles. The van der Waals surface area contributed by atoms with Crippen molar-refractivity contribution in [3.63, 3.8) is 0 Å². The number of benzene rings is 2. The number of hydrogen-bond acceptors (Lipinski definition) is 1. The molecule has 0 aliphatic carbocycles. The predicted molar refractivity (Wildman–Crippen MR) is 78.0 cm³/mol. The maximum atomic E-state index is 11.2. The first kappa shape index (κ1) is 13.3. The van der Waals surface area contributed by atoms with Crippen LogP contribution in [-0.2, 0) is 6.42 Å². The van der Waals surface area contributed by atoms with Gasteiger partial charge in [-0.2, -0.15) is 0 Å². The number of rotatable bonds is 3. The Balaban J connectivity index is 2.39. The van der Waals surface area contributed by atoms with Crippen LogP contribution >= 0.6 is 31.9 Å². The fourth-order valence-electron chi connectivity index (χ4n) is 1.78. The summed E-state index contributed by atoms with van der Waals surface area (Å²) in [5, 5.41) is 9.16. The van der Waals surface area contributed by atoms with Gasteiger partial charge in [-0.1, -0.05) is 44.0 Å². The SMILES string of the molecule is O=C(O)c1ccc(Br)cc1Cc1cccc(Br)c1. The van der Waals surface area contributed by atoms with Crippen LogP contribution in [0.5, 0.6) is 0 Å². The molecule has 0 bridgehead atoms. The van der Waals surface area contributed by atoms with Crippen LogP contribution in [0.25, 0.3) is 0 Å². The molecular formula is C14H10Br2O2. The second-order valence-electron chi connectivity index (χ2n) is 3.91. The van der Waals surface area contributed by atoms with Gasteiger partial charge in [-0.15, -0.1) is 0 Å². The normalized spacial score (nSPS) is 10.3. The molecule has 0 fully saturated rings. The van der Waals surface area contributed by atoms with Crippen molar-refractivity contribution in [1.29, 1.82) is 0 Å². The van der Waals surface area contributed by atoms with E-state index in [-0.39, 0.29) is 0 Å². The number of carboxylic acid groups (broad SMARTS) is 1. The van der Waals surface area contributed by atoms with Crippen LogP contribution < -0.4 is 0 Å². The number of carboxylic acids is 1. The van der Waals surface area contributed by atoms with Crippen LogP contribution in [0.2, 0.25) is 0 Å². The number of aromatic carboxylic acids is 1. The highest BCUT2D eigenvalue weighted by atomic mass is 79.9. The third kappa shape index (κ3) is 3.21. The van der Waals surface area contributed by atoms with Gasteiger partial charge >= 0.3 is 5.97 Å². The lowest BCUT2D eigenvalue weighted by molar-refractivity contribution is 0.0696. The highest BCUT2D eigenvalue weighted by Crippen LogP contribution is 2.21. The maximum Gasteiger partial charge on any atom is 0.335 e. The summed E-state index contributed by atoms with van der Waals surface area (Å²) in [7, 11) is 0. The molecule has 0 atom stereocenters. The predicted octanol–water partition coefficient (Wildman–Crippen LogP) is 4.50. The molecule has 92 valence electrons. The van der Waals surface area contributed by atoms with E-state index in [1.54, 1.807) is 12.1 Å². The highest BCUT2D eigenvalue weighted by Gasteiger charge is 2.10. The van der Waals surface area contributed by atoms with E-state index in [4.69, 9.17) is 5.11 Å². The molecule has 0 aliphatic heterocycles. The van der Waals surface area contributed by atoms with Gasteiger partial charge in [0.25, 0.3) is 0 Å². The van der Waals surface area contributed by atoms with Crippen LogP contribution in [0.4, 0.5) is 0 Å². The summed E-state index contributed by atoms with van der Waals surface area (Å²) >= 11 is 6.78. The monoisotopic (exact) mass is 368 g/mol. The maximum absolute atomic E-state index is 11.2. The Labute approximate surface area is 122 Å². The number of carbonyl (C=O) groups is 1. The average molecular weight is 370 g/mol. The smallest absolute Gasteiger partial charge is 0.335 e. The third-order valence-electron chi connectivity index (χ3n) is 2.58. The third-order valence-corrected chi connectivity index (χ3v) is 3.57. The molecule has 0 aromatic heterocycles. The Morgan fingerprint density at radius 3 is 2.44 bits per heavy atom. The van der Waals surface area contributed by atoms with Crippen molar-refractivity contribution in [3.8, 4) is 0 Å². The van der Waals surface area contributed by atoms with Crippen molar-refractivity contribution in [2.45, 2.75) is 6.42 Å². The molecule has 2 aromatic carbocycles. The van der Waals surface area contributed by atoms with Gasteiger partial charge < -0.3 is 5.11 Å². The lowest BCUT2D eigenvalue weighted by Gasteiger charge is -2.07. The number of halogens is 2. The largest absolute Gasteiger partial charge is 0.478 e. The van der Waals surface area contributed by atoms with Crippen molar-refractivity contribution in [2.24, 2.45) is 0 Å². The van der Waals surface area contributed by atoms with Crippen molar-refractivity contribution in [2.75, 3.05) is 0 Å². The molecule has 0 saturated heterocycles. The van der Waals surface area contributed by atoms with Gasteiger partial charge in [-0.05, 0) is 47.9 Å². The van der Waals surface area contributed by atoms with E-state index < -0.39 is 5.97 Å². The summed E-state index contributed by atoms with van der Waals surface area (Å²) in [6.45, 7) is 0. The van der Waals surface area contributed by atoms with Crippen LogP contribution in [0.15, 0.2) is 51.4 Å². The summed E-state index contributed by atoms with van der Waals surface area (Å²) in [6.07, 6.45) is 0.598. The van der Waals surface area contributed by atoms with Crippen molar-refractivity contribution in [3.05, 3.63) is 68.1 Å². The Morgan fingerprint density at radius 2 is 1.78 bits per heavy atom. The first-order chi connectivity index (χ1) is 8.56. The van der Waals surface area contributed by atoms with Gasteiger partial charge in [-0.25, -0.2) is 4.79 Å². The Hall–Kier alpha value is -1.13. The molecule has 0 amide bonds. The first-order valence-corrected chi connectivity index (χ1v) is 6.91. The van der Waals surface area contributed by atoms with Crippen LogP contribution in [-0.4, -0.2) is 11.1 Å². The minimum Gasteiger partial charge on any atom is -0.478 e.